The summed E-state index contributed by atoms with van der Waals surface area (Å²) in [6, 6.07) is 4.78. The van der Waals surface area contributed by atoms with Crippen LogP contribution in [-0.4, -0.2) is 16.0 Å². The van der Waals surface area contributed by atoms with Crippen molar-refractivity contribution in [1.29, 1.82) is 0 Å². The number of nitro benzene ring substituents is 1. The van der Waals surface area contributed by atoms with Gasteiger partial charge < -0.3 is 5.11 Å². The van der Waals surface area contributed by atoms with Crippen LogP contribution in [0.25, 0.3) is 0 Å². The smallest absolute Gasteiger partial charge is 0.307 e. The van der Waals surface area contributed by atoms with Crippen molar-refractivity contribution >= 4 is 11.7 Å². The van der Waals surface area contributed by atoms with Crippen molar-refractivity contribution in [2.75, 3.05) is 0 Å². The lowest BCUT2D eigenvalue weighted by Gasteiger charge is -2.17. The monoisotopic (exact) mass is 251 g/mol. The number of benzene rings is 1. The van der Waals surface area contributed by atoms with Gasteiger partial charge in [0.1, 0.15) is 0 Å². The number of nitrogens with zero attached hydrogens (tertiary/aromatic N) is 1. The van der Waals surface area contributed by atoms with Crippen LogP contribution in [0.1, 0.15) is 25.0 Å². The van der Waals surface area contributed by atoms with Crippen molar-refractivity contribution < 1.29 is 14.8 Å². The number of aliphatic carboxylic acids is 1. The molecule has 0 saturated carbocycles. The number of hydrogen-bond donors (Lipinski definition) is 1. The highest BCUT2D eigenvalue weighted by atomic mass is 16.6. The number of hydrogen-bond acceptors (Lipinski definition) is 3. The van der Waals surface area contributed by atoms with E-state index in [2.05, 4.69) is 0 Å². The first-order valence-electron chi connectivity index (χ1n) is 5.80. The van der Waals surface area contributed by atoms with E-state index in [1.54, 1.807) is 19.1 Å². The lowest BCUT2D eigenvalue weighted by Crippen LogP contribution is -2.22. The first-order valence-corrected chi connectivity index (χ1v) is 5.80. The van der Waals surface area contributed by atoms with Gasteiger partial charge in [-0.25, -0.2) is 0 Å². The molecule has 1 rings (SSSR count). The van der Waals surface area contributed by atoms with E-state index < -0.39 is 16.8 Å². The zero-order chi connectivity index (χ0) is 13.9. The Morgan fingerprint density at radius 1 is 1.44 bits per heavy atom. The second-order valence-corrected chi connectivity index (χ2v) is 4.71. The molecule has 0 aliphatic carbocycles. The predicted molar refractivity (Wildman–Crippen MR) is 67.5 cm³/mol. The summed E-state index contributed by atoms with van der Waals surface area (Å²) in [6.45, 7) is 5.34. The number of carboxylic acid groups (broad SMARTS) is 1. The lowest BCUT2D eigenvalue weighted by atomic mass is 9.87. The quantitative estimate of drug-likeness (QED) is 0.644. The van der Waals surface area contributed by atoms with Crippen LogP contribution < -0.4 is 0 Å². The lowest BCUT2D eigenvalue weighted by molar-refractivity contribution is -0.385. The molecule has 0 amide bonds. The molecule has 1 atom stereocenters. The molecule has 1 unspecified atom stereocenters. The highest BCUT2D eigenvalue weighted by Crippen LogP contribution is 2.25. The summed E-state index contributed by atoms with van der Waals surface area (Å²) in [5.74, 6) is -1.40. The second kappa shape index (κ2) is 5.62. The van der Waals surface area contributed by atoms with Crippen LogP contribution in [0.2, 0.25) is 0 Å². The minimum absolute atomic E-state index is 0.0128. The van der Waals surface area contributed by atoms with E-state index in [9.17, 15) is 14.9 Å². The molecule has 5 heteroatoms. The van der Waals surface area contributed by atoms with Gasteiger partial charge in [0.05, 0.1) is 10.8 Å². The maximum absolute atomic E-state index is 11.1. The van der Waals surface area contributed by atoms with Gasteiger partial charge in [0, 0.05) is 11.6 Å². The molecule has 0 saturated heterocycles. The van der Waals surface area contributed by atoms with Gasteiger partial charge in [-0.3, -0.25) is 14.9 Å². The Balaban J connectivity index is 3.07. The summed E-state index contributed by atoms with van der Waals surface area (Å²) in [4.78, 5) is 21.5. The minimum atomic E-state index is -0.865. The van der Waals surface area contributed by atoms with Gasteiger partial charge >= 0.3 is 5.97 Å². The van der Waals surface area contributed by atoms with E-state index >= 15 is 0 Å². The van der Waals surface area contributed by atoms with Crippen LogP contribution in [0.4, 0.5) is 5.69 Å². The Morgan fingerprint density at radius 2 is 2.06 bits per heavy atom. The average Bonchev–Trinajstić information content (AvgIpc) is 2.26. The number of nitro groups is 1. The van der Waals surface area contributed by atoms with Gasteiger partial charge in [0.15, 0.2) is 0 Å². The van der Waals surface area contributed by atoms with E-state index in [0.29, 0.717) is 12.0 Å². The SMILES string of the molecule is Cc1c(CC(C(=O)O)C(C)C)cccc1[N+](=O)[O-]. The maximum Gasteiger partial charge on any atom is 0.307 e. The number of carbonyl (C=O) groups is 1. The molecule has 0 fully saturated rings. The van der Waals surface area contributed by atoms with Crippen molar-refractivity contribution in [2.45, 2.75) is 27.2 Å². The van der Waals surface area contributed by atoms with E-state index in [0.717, 1.165) is 5.56 Å². The third kappa shape index (κ3) is 3.06. The van der Waals surface area contributed by atoms with Gasteiger partial charge in [-0.1, -0.05) is 26.0 Å². The van der Waals surface area contributed by atoms with E-state index in [1.165, 1.54) is 6.07 Å². The fourth-order valence-electron chi connectivity index (χ4n) is 1.93. The van der Waals surface area contributed by atoms with Crippen LogP contribution >= 0.6 is 0 Å². The molecule has 18 heavy (non-hydrogen) atoms. The largest absolute Gasteiger partial charge is 0.481 e. The highest BCUT2D eigenvalue weighted by Gasteiger charge is 2.24. The summed E-state index contributed by atoms with van der Waals surface area (Å²) >= 11 is 0. The van der Waals surface area contributed by atoms with E-state index in [1.807, 2.05) is 13.8 Å². The third-order valence-corrected chi connectivity index (χ3v) is 3.18. The van der Waals surface area contributed by atoms with Crippen LogP contribution in [0.5, 0.6) is 0 Å². The summed E-state index contributed by atoms with van der Waals surface area (Å²) in [6.07, 6.45) is 0.320. The van der Waals surface area contributed by atoms with E-state index in [4.69, 9.17) is 5.11 Å². The Hall–Kier alpha value is -1.91. The van der Waals surface area contributed by atoms with Crippen molar-refractivity contribution in [2.24, 2.45) is 11.8 Å². The molecular weight excluding hydrogens is 234 g/mol. The molecule has 0 aromatic heterocycles. The molecule has 0 radical (unpaired) electrons. The Morgan fingerprint density at radius 3 is 2.50 bits per heavy atom. The van der Waals surface area contributed by atoms with Crippen LogP contribution in [0.3, 0.4) is 0 Å². The van der Waals surface area contributed by atoms with Crippen LogP contribution in [0, 0.1) is 28.9 Å². The molecule has 5 nitrogen and oxygen atoms in total. The van der Waals surface area contributed by atoms with Crippen molar-refractivity contribution in [3.05, 3.63) is 39.4 Å². The molecule has 1 aromatic rings. The predicted octanol–water partition coefficient (Wildman–Crippen LogP) is 2.80. The Bertz CT molecular complexity index is 468. The number of carboxylic acids is 1. The van der Waals surface area contributed by atoms with Gasteiger partial charge in [-0.05, 0) is 24.8 Å². The zero-order valence-corrected chi connectivity index (χ0v) is 10.7. The van der Waals surface area contributed by atoms with Crippen LogP contribution in [0.15, 0.2) is 18.2 Å². The molecule has 1 N–H and O–H groups in total. The molecule has 0 aliphatic rings. The molecular formula is C13H17NO4. The fraction of sp³-hybridized carbons (Fsp3) is 0.462. The van der Waals surface area contributed by atoms with Crippen molar-refractivity contribution in [3.8, 4) is 0 Å². The standard InChI is InChI=1S/C13H17NO4/c1-8(2)11(13(15)16)7-10-5-4-6-12(9(10)3)14(17)18/h4-6,8,11H,7H2,1-3H3,(H,15,16). The first kappa shape index (κ1) is 14.2. The molecule has 0 bridgehead atoms. The summed E-state index contributed by atoms with van der Waals surface area (Å²) in [5, 5.41) is 20.0. The first-order chi connectivity index (χ1) is 8.34. The second-order valence-electron chi connectivity index (χ2n) is 4.71. The molecule has 1 aromatic carbocycles. The number of rotatable bonds is 5. The topological polar surface area (TPSA) is 80.4 Å². The van der Waals surface area contributed by atoms with Gasteiger partial charge in [0.2, 0.25) is 0 Å². The van der Waals surface area contributed by atoms with Crippen molar-refractivity contribution in [3.63, 3.8) is 0 Å². The summed E-state index contributed by atoms with van der Waals surface area (Å²) in [5.41, 5.74) is 1.32. The zero-order valence-electron chi connectivity index (χ0n) is 10.7. The minimum Gasteiger partial charge on any atom is -0.481 e. The molecule has 0 aliphatic heterocycles. The summed E-state index contributed by atoms with van der Waals surface area (Å²) < 4.78 is 0. The normalized spacial score (nSPS) is 12.4. The van der Waals surface area contributed by atoms with Crippen molar-refractivity contribution in [1.82, 2.24) is 0 Å². The van der Waals surface area contributed by atoms with E-state index in [-0.39, 0.29) is 11.6 Å². The van der Waals surface area contributed by atoms with Crippen LogP contribution in [-0.2, 0) is 11.2 Å². The Labute approximate surface area is 106 Å². The molecule has 0 spiro atoms. The highest BCUT2D eigenvalue weighted by molar-refractivity contribution is 5.71. The molecule has 98 valence electrons. The summed E-state index contributed by atoms with van der Waals surface area (Å²) in [7, 11) is 0. The van der Waals surface area contributed by atoms with Gasteiger partial charge in [-0.15, -0.1) is 0 Å². The Kier molecular flexibility index (Phi) is 4.42. The fourth-order valence-corrected chi connectivity index (χ4v) is 1.93. The molecule has 0 heterocycles. The van der Waals surface area contributed by atoms with Gasteiger partial charge in [-0.2, -0.15) is 0 Å². The third-order valence-electron chi connectivity index (χ3n) is 3.18. The van der Waals surface area contributed by atoms with Gasteiger partial charge in [0.25, 0.3) is 5.69 Å². The average molecular weight is 251 g/mol. The maximum atomic E-state index is 11.1.